The number of aliphatic hydroxyl groups is 1. The predicted octanol–water partition coefficient (Wildman–Crippen LogP) is 0.628. The first kappa shape index (κ1) is 11.8. The Morgan fingerprint density at radius 1 is 1.56 bits per heavy atom. The summed E-state index contributed by atoms with van der Waals surface area (Å²) in [5.41, 5.74) is -1.12. The summed E-state index contributed by atoms with van der Waals surface area (Å²) in [7, 11) is 0. The highest BCUT2D eigenvalue weighted by Gasteiger charge is 2.24. The van der Waals surface area contributed by atoms with Crippen molar-refractivity contribution in [3.8, 4) is 6.07 Å². The molecule has 0 amide bonds. The molecule has 0 saturated carbocycles. The molecule has 82 valence electrons. The molecule has 0 aromatic heterocycles. The second-order valence-corrected chi connectivity index (χ2v) is 2.93. The van der Waals surface area contributed by atoms with E-state index in [1.54, 1.807) is 0 Å². The molecule has 0 heterocycles. The van der Waals surface area contributed by atoms with E-state index in [0.717, 1.165) is 12.1 Å². The number of aldehydes is 1. The maximum absolute atomic E-state index is 13.4. The number of aliphatic hydroxyl groups excluding tert-OH is 1. The average Bonchev–Trinajstić information content (AvgIpc) is 2.26. The fraction of sp³-hybridized carbons (Fsp3) is 0.100. The fourth-order valence-corrected chi connectivity index (χ4v) is 1.20. The van der Waals surface area contributed by atoms with Gasteiger partial charge in [0.1, 0.15) is 12.1 Å². The number of carboxylic acids is 1. The van der Waals surface area contributed by atoms with Crippen LogP contribution in [-0.2, 0) is 4.79 Å². The molecule has 0 aliphatic carbocycles. The monoisotopic (exact) mass is 223 g/mol. The zero-order chi connectivity index (χ0) is 12.3. The molecule has 0 aliphatic rings. The van der Waals surface area contributed by atoms with E-state index in [-0.39, 0.29) is 11.1 Å². The molecule has 2 N–H and O–H groups in total. The Balaban J connectivity index is 3.45. The van der Waals surface area contributed by atoms with Gasteiger partial charge in [-0.05, 0) is 12.1 Å². The van der Waals surface area contributed by atoms with Crippen LogP contribution in [0.2, 0.25) is 0 Å². The minimum absolute atomic E-state index is 0.101. The third-order valence-electron chi connectivity index (χ3n) is 1.92. The Hall–Kier alpha value is -2.26. The van der Waals surface area contributed by atoms with Gasteiger partial charge in [-0.15, -0.1) is 0 Å². The van der Waals surface area contributed by atoms with Gasteiger partial charge in [0.25, 0.3) is 0 Å². The summed E-state index contributed by atoms with van der Waals surface area (Å²) in [6, 6.07) is 3.30. The number of carboxylic acid groups (broad SMARTS) is 1. The molecule has 1 unspecified atom stereocenters. The summed E-state index contributed by atoms with van der Waals surface area (Å²) in [5.74, 6) is -2.77. The van der Waals surface area contributed by atoms with Crippen LogP contribution in [0.15, 0.2) is 12.1 Å². The number of rotatable bonds is 3. The van der Waals surface area contributed by atoms with E-state index >= 15 is 0 Å². The van der Waals surface area contributed by atoms with Crippen molar-refractivity contribution in [3.63, 3.8) is 0 Å². The summed E-state index contributed by atoms with van der Waals surface area (Å²) in [6.07, 6.45) is -1.81. The Kier molecular flexibility index (Phi) is 3.33. The van der Waals surface area contributed by atoms with Gasteiger partial charge < -0.3 is 10.2 Å². The lowest BCUT2D eigenvalue weighted by molar-refractivity contribution is -0.147. The van der Waals surface area contributed by atoms with Crippen molar-refractivity contribution in [2.45, 2.75) is 6.10 Å². The molecule has 1 rings (SSSR count). The smallest absolute Gasteiger partial charge is 0.337 e. The fourth-order valence-electron chi connectivity index (χ4n) is 1.20. The van der Waals surface area contributed by atoms with Crippen LogP contribution in [0.5, 0.6) is 0 Å². The van der Waals surface area contributed by atoms with Crippen LogP contribution >= 0.6 is 0 Å². The van der Waals surface area contributed by atoms with Crippen LogP contribution in [-0.4, -0.2) is 22.5 Å². The van der Waals surface area contributed by atoms with Crippen molar-refractivity contribution >= 4 is 12.3 Å². The standard InChI is InChI=1S/C10H6FNO4/c11-7-2-5(4-13)1-6(3-12)8(7)9(14)10(15)16/h1-2,4,9,14H,(H,15,16). The molecule has 16 heavy (non-hydrogen) atoms. The van der Waals surface area contributed by atoms with Crippen molar-refractivity contribution in [2.75, 3.05) is 0 Å². The molecule has 0 fully saturated rings. The van der Waals surface area contributed by atoms with Crippen molar-refractivity contribution in [1.29, 1.82) is 5.26 Å². The molecule has 6 heteroatoms. The SMILES string of the molecule is N#Cc1cc(C=O)cc(F)c1C(O)C(=O)O. The van der Waals surface area contributed by atoms with Gasteiger partial charge in [-0.2, -0.15) is 5.26 Å². The summed E-state index contributed by atoms with van der Waals surface area (Å²) >= 11 is 0. The lowest BCUT2D eigenvalue weighted by Crippen LogP contribution is -2.14. The first-order valence-electron chi connectivity index (χ1n) is 4.10. The molecule has 0 saturated heterocycles. The van der Waals surface area contributed by atoms with Gasteiger partial charge in [-0.3, -0.25) is 4.79 Å². The normalized spacial score (nSPS) is 11.6. The van der Waals surface area contributed by atoms with E-state index in [1.807, 2.05) is 0 Å². The predicted molar refractivity (Wildman–Crippen MR) is 49.1 cm³/mol. The molecule has 1 aromatic rings. The van der Waals surface area contributed by atoms with Crippen LogP contribution in [0.3, 0.4) is 0 Å². The zero-order valence-corrected chi connectivity index (χ0v) is 7.85. The molecule has 5 nitrogen and oxygen atoms in total. The lowest BCUT2D eigenvalue weighted by atomic mass is 10.00. The third kappa shape index (κ3) is 2.04. The highest BCUT2D eigenvalue weighted by atomic mass is 19.1. The topological polar surface area (TPSA) is 98.4 Å². The molecule has 1 atom stereocenters. The average molecular weight is 223 g/mol. The summed E-state index contributed by atoms with van der Waals surface area (Å²) in [6.45, 7) is 0. The van der Waals surface area contributed by atoms with Gasteiger partial charge in [0, 0.05) is 11.1 Å². The van der Waals surface area contributed by atoms with E-state index in [0.29, 0.717) is 6.29 Å². The van der Waals surface area contributed by atoms with Crippen LogP contribution in [0, 0.1) is 17.1 Å². The number of benzene rings is 1. The maximum Gasteiger partial charge on any atom is 0.337 e. The highest BCUT2D eigenvalue weighted by Crippen LogP contribution is 2.22. The molecule has 0 aliphatic heterocycles. The zero-order valence-electron chi connectivity index (χ0n) is 7.85. The van der Waals surface area contributed by atoms with Gasteiger partial charge in [-0.1, -0.05) is 0 Å². The van der Waals surface area contributed by atoms with Gasteiger partial charge >= 0.3 is 5.97 Å². The van der Waals surface area contributed by atoms with E-state index < -0.39 is 23.5 Å². The number of nitrogens with zero attached hydrogens (tertiary/aromatic N) is 1. The van der Waals surface area contributed by atoms with E-state index in [9.17, 15) is 19.1 Å². The maximum atomic E-state index is 13.4. The van der Waals surface area contributed by atoms with Crippen molar-refractivity contribution in [2.24, 2.45) is 0 Å². The van der Waals surface area contributed by atoms with Crippen LogP contribution in [0.25, 0.3) is 0 Å². The number of carbonyl (C=O) groups is 2. The third-order valence-corrected chi connectivity index (χ3v) is 1.92. The van der Waals surface area contributed by atoms with Gasteiger partial charge in [-0.25, -0.2) is 9.18 Å². The molecule has 0 radical (unpaired) electrons. The number of halogens is 1. The van der Waals surface area contributed by atoms with Crippen molar-refractivity contribution in [3.05, 3.63) is 34.6 Å². The van der Waals surface area contributed by atoms with E-state index in [1.165, 1.54) is 6.07 Å². The van der Waals surface area contributed by atoms with Gasteiger partial charge in [0.2, 0.25) is 0 Å². The number of carbonyl (C=O) groups excluding carboxylic acids is 1. The van der Waals surface area contributed by atoms with Crippen LogP contribution in [0.4, 0.5) is 4.39 Å². The molecule has 0 spiro atoms. The second-order valence-electron chi connectivity index (χ2n) is 2.93. The number of hydrogen-bond donors (Lipinski definition) is 2. The highest BCUT2D eigenvalue weighted by molar-refractivity contribution is 5.79. The minimum atomic E-state index is -2.13. The second kappa shape index (κ2) is 4.51. The summed E-state index contributed by atoms with van der Waals surface area (Å²) in [5, 5.41) is 26.3. The van der Waals surface area contributed by atoms with E-state index in [4.69, 9.17) is 10.4 Å². The first-order chi connectivity index (χ1) is 7.51. The van der Waals surface area contributed by atoms with Crippen molar-refractivity contribution < 1.29 is 24.2 Å². The Labute approximate surface area is 89.4 Å². The van der Waals surface area contributed by atoms with Crippen LogP contribution in [0.1, 0.15) is 27.6 Å². The summed E-state index contributed by atoms with van der Waals surface area (Å²) < 4.78 is 13.4. The lowest BCUT2D eigenvalue weighted by Gasteiger charge is -2.09. The molecular weight excluding hydrogens is 217 g/mol. The minimum Gasteiger partial charge on any atom is -0.479 e. The van der Waals surface area contributed by atoms with Gasteiger partial charge in [0.15, 0.2) is 6.10 Å². The van der Waals surface area contributed by atoms with Crippen LogP contribution < -0.4 is 0 Å². The largest absolute Gasteiger partial charge is 0.479 e. The quantitative estimate of drug-likeness (QED) is 0.732. The van der Waals surface area contributed by atoms with Gasteiger partial charge in [0.05, 0.1) is 11.6 Å². The number of nitriles is 1. The molecule has 0 bridgehead atoms. The summed E-state index contributed by atoms with van der Waals surface area (Å²) in [4.78, 5) is 20.9. The first-order valence-corrected chi connectivity index (χ1v) is 4.10. The van der Waals surface area contributed by atoms with E-state index in [2.05, 4.69) is 0 Å². The Morgan fingerprint density at radius 2 is 2.19 bits per heavy atom. The Bertz CT molecular complexity index is 492. The molecule has 1 aromatic carbocycles. The number of hydrogen-bond acceptors (Lipinski definition) is 4. The molecular formula is C10H6FNO4. The Morgan fingerprint density at radius 3 is 2.62 bits per heavy atom. The number of aliphatic carboxylic acids is 1. The van der Waals surface area contributed by atoms with Crippen molar-refractivity contribution in [1.82, 2.24) is 0 Å².